The van der Waals surface area contributed by atoms with Crippen molar-refractivity contribution in [3.63, 3.8) is 0 Å². The van der Waals surface area contributed by atoms with Crippen LogP contribution in [-0.2, 0) is 5.60 Å². The fraction of sp³-hybridized carbons (Fsp3) is 0.250. The highest BCUT2D eigenvalue weighted by Crippen LogP contribution is 2.28. The molecule has 0 bridgehead atoms. The molecule has 3 aromatic rings. The van der Waals surface area contributed by atoms with E-state index in [2.05, 4.69) is 5.32 Å². The zero-order valence-electron chi connectivity index (χ0n) is 14.9. The average Bonchev–Trinajstić information content (AvgIpc) is 3.11. The molecule has 0 saturated carbocycles. The highest BCUT2D eigenvalue weighted by Gasteiger charge is 2.28. The number of benzene rings is 2. The molecule has 1 amide bonds. The Balaban J connectivity index is 1.75. The molecule has 6 heteroatoms. The molecule has 0 aliphatic heterocycles. The average molecular weight is 355 g/mol. The van der Waals surface area contributed by atoms with Crippen molar-refractivity contribution in [2.24, 2.45) is 0 Å². The van der Waals surface area contributed by atoms with Crippen LogP contribution in [0.5, 0.6) is 11.5 Å². The van der Waals surface area contributed by atoms with E-state index >= 15 is 0 Å². The van der Waals surface area contributed by atoms with Gasteiger partial charge in [-0.15, -0.1) is 0 Å². The molecule has 3 rings (SSSR count). The maximum atomic E-state index is 12.5. The van der Waals surface area contributed by atoms with Crippen molar-refractivity contribution in [3.8, 4) is 11.5 Å². The number of fused-ring (bicyclic) bond motifs is 1. The zero-order valence-corrected chi connectivity index (χ0v) is 14.9. The van der Waals surface area contributed by atoms with Crippen LogP contribution in [0, 0.1) is 0 Å². The second-order valence-corrected chi connectivity index (χ2v) is 6.21. The van der Waals surface area contributed by atoms with Gasteiger partial charge < -0.3 is 24.3 Å². The number of methoxy groups -OCH3 is 2. The molecule has 1 atom stereocenters. The van der Waals surface area contributed by atoms with Crippen molar-refractivity contribution in [1.29, 1.82) is 0 Å². The molecule has 0 aliphatic carbocycles. The van der Waals surface area contributed by atoms with Crippen LogP contribution >= 0.6 is 0 Å². The van der Waals surface area contributed by atoms with Crippen molar-refractivity contribution in [1.82, 2.24) is 5.32 Å². The van der Waals surface area contributed by atoms with Gasteiger partial charge in [-0.1, -0.05) is 18.2 Å². The van der Waals surface area contributed by atoms with Crippen molar-refractivity contribution in [3.05, 3.63) is 59.9 Å². The third-order valence-corrected chi connectivity index (χ3v) is 4.16. The van der Waals surface area contributed by atoms with Crippen LogP contribution < -0.4 is 14.8 Å². The van der Waals surface area contributed by atoms with Crippen molar-refractivity contribution < 1.29 is 23.8 Å². The normalized spacial score (nSPS) is 13.2. The van der Waals surface area contributed by atoms with E-state index in [-0.39, 0.29) is 12.5 Å². The van der Waals surface area contributed by atoms with Gasteiger partial charge in [-0.25, -0.2) is 0 Å². The monoisotopic (exact) mass is 355 g/mol. The summed E-state index contributed by atoms with van der Waals surface area (Å²) in [6.45, 7) is 1.59. The Labute approximate surface area is 151 Å². The first-order valence-corrected chi connectivity index (χ1v) is 8.15. The molecule has 0 aliphatic rings. The molecular formula is C20H21NO5. The molecule has 2 aromatic carbocycles. The minimum absolute atomic E-state index is 0.00875. The van der Waals surface area contributed by atoms with Crippen molar-refractivity contribution >= 4 is 16.9 Å². The van der Waals surface area contributed by atoms with E-state index in [0.717, 1.165) is 5.39 Å². The molecule has 0 spiro atoms. The number of para-hydroxylation sites is 1. The van der Waals surface area contributed by atoms with Crippen LogP contribution in [0.3, 0.4) is 0 Å². The molecule has 6 nitrogen and oxygen atoms in total. The molecule has 1 aromatic heterocycles. The van der Waals surface area contributed by atoms with Crippen LogP contribution in [-0.4, -0.2) is 31.8 Å². The Morgan fingerprint density at radius 1 is 1.12 bits per heavy atom. The van der Waals surface area contributed by atoms with Gasteiger partial charge in [0, 0.05) is 17.0 Å². The first-order chi connectivity index (χ1) is 12.4. The largest absolute Gasteiger partial charge is 0.497 e. The number of rotatable bonds is 6. The summed E-state index contributed by atoms with van der Waals surface area (Å²) in [4.78, 5) is 12.5. The molecule has 0 fully saturated rings. The minimum atomic E-state index is -1.35. The number of carbonyl (C=O) groups excluding carboxylic acids is 1. The van der Waals surface area contributed by atoms with Gasteiger partial charge in [0.2, 0.25) is 0 Å². The second kappa shape index (κ2) is 7.09. The van der Waals surface area contributed by atoms with E-state index in [0.29, 0.717) is 28.4 Å². The summed E-state index contributed by atoms with van der Waals surface area (Å²) in [7, 11) is 3.03. The van der Waals surface area contributed by atoms with Crippen LogP contribution in [0.1, 0.15) is 23.0 Å². The van der Waals surface area contributed by atoms with E-state index in [1.807, 2.05) is 24.3 Å². The minimum Gasteiger partial charge on any atom is -0.497 e. The van der Waals surface area contributed by atoms with E-state index in [1.165, 1.54) is 14.2 Å². The first kappa shape index (κ1) is 17.8. The fourth-order valence-electron chi connectivity index (χ4n) is 2.63. The highest BCUT2D eigenvalue weighted by molar-refractivity contribution is 5.95. The SMILES string of the molecule is COc1cc(OC)cc(C(=O)NCC(C)(O)c2cc3ccccc3o2)c1. The number of nitrogens with one attached hydrogen (secondary N) is 1. The number of furan rings is 1. The Kier molecular flexibility index (Phi) is 4.86. The third kappa shape index (κ3) is 3.65. The first-order valence-electron chi connectivity index (χ1n) is 8.15. The lowest BCUT2D eigenvalue weighted by Crippen LogP contribution is -2.38. The summed E-state index contributed by atoms with van der Waals surface area (Å²) >= 11 is 0. The van der Waals surface area contributed by atoms with Crippen molar-refractivity contribution in [2.45, 2.75) is 12.5 Å². The van der Waals surface area contributed by atoms with Gasteiger partial charge in [0.1, 0.15) is 28.4 Å². The van der Waals surface area contributed by atoms with Crippen molar-refractivity contribution in [2.75, 3.05) is 20.8 Å². The van der Waals surface area contributed by atoms with Crippen LogP contribution in [0.4, 0.5) is 0 Å². The predicted molar refractivity (Wildman–Crippen MR) is 97.7 cm³/mol. The molecule has 136 valence electrons. The highest BCUT2D eigenvalue weighted by atomic mass is 16.5. The van der Waals surface area contributed by atoms with E-state index in [1.54, 1.807) is 31.2 Å². The summed E-state index contributed by atoms with van der Waals surface area (Å²) in [5.41, 5.74) is -0.286. The topological polar surface area (TPSA) is 80.9 Å². The molecule has 1 unspecified atom stereocenters. The summed E-state index contributed by atoms with van der Waals surface area (Å²) in [6.07, 6.45) is 0. The Morgan fingerprint density at radius 3 is 2.38 bits per heavy atom. The van der Waals surface area contributed by atoms with Gasteiger partial charge in [-0.3, -0.25) is 4.79 Å². The Hall–Kier alpha value is -2.99. The smallest absolute Gasteiger partial charge is 0.251 e. The van der Waals surface area contributed by atoms with Gasteiger partial charge in [-0.2, -0.15) is 0 Å². The molecule has 0 saturated heterocycles. The van der Waals surface area contributed by atoms with Crippen LogP contribution in [0.15, 0.2) is 52.9 Å². The Morgan fingerprint density at radius 2 is 1.77 bits per heavy atom. The summed E-state index contributed by atoms with van der Waals surface area (Å²) in [5.74, 6) is 1.07. The second-order valence-electron chi connectivity index (χ2n) is 6.21. The lowest BCUT2D eigenvalue weighted by molar-refractivity contribution is 0.0344. The number of ether oxygens (including phenoxy) is 2. The van der Waals surface area contributed by atoms with E-state index in [4.69, 9.17) is 13.9 Å². The molecule has 2 N–H and O–H groups in total. The number of carbonyl (C=O) groups is 1. The quantitative estimate of drug-likeness (QED) is 0.710. The van der Waals surface area contributed by atoms with Crippen LogP contribution in [0.25, 0.3) is 11.0 Å². The standard InChI is InChI=1S/C20H21NO5/c1-20(23,18-10-13-6-4-5-7-17(13)26-18)12-21-19(22)14-8-15(24-2)11-16(9-14)25-3/h4-11,23H,12H2,1-3H3,(H,21,22). The number of hydrogen-bond acceptors (Lipinski definition) is 5. The number of hydrogen-bond donors (Lipinski definition) is 2. The number of amides is 1. The van der Waals surface area contributed by atoms with Crippen LogP contribution in [0.2, 0.25) is 0 Å². The predicted octanol–water partition coefficient (Wildman–Crippen LogP) is 3.09. The molecule has 1 heterocycles. The molecule has 26 heavy (non-hydrogen) atoms. The summed E-state index contributed by atoms with van der Waals surface area (Å²) in [5, 5.41) is 14.3. The van der Waals surface area contributed by atoms with Gasteiger partial charge in [0.15, 0.2) is 0 Å². The molecular weight excluding hydrogens is 334 g/mol. The van der Waals surface area contributed by atoms with Gasteiger partial charge in [0.25, 0.3) is 5.91 Å². The van der Waals surface area contributed by atoms with Gasteiger partial charge in [-0.05, 0) is 31.2 Å². The fourth-order valence-corrected chi connectivity index (χ4v) is 2.63. The molecule has 0 radical (unpaired) electrons. The summed E-state index contributed by atoms with van der Waals surface area (Å²) in [6, 6.07) is 14.2. The van der Waals surface area contributed by atoms with Gasteiger partial charge in [0.05, 0.1) is 20.8 Å². The lowest BCUT2D eigenvalue weighted by atomic mass is 10.0. The third-order valence-electron chi connectivity index (χ3n) is 4.16. The van der Waals surface area contributed by atoms with E-state index < -0.39 is 5.60 Å². The zero-order chi connectivity index (χ0) is 18.7. The van der Waals surface area contributed by atoms with E-state index in [9.17, 15) is 9.90 Å². The Bertz CT molecular complexity index is 874. The summed E-state index contributed by atoms with van der Waals surface area (Å²) < 4.78 is 16.0. The number of aliphatic hydroxyl groups is 1. The lowest BCUT2D eigenvalue weighted by Gasteiger charge is -2.21. The maximum Gasteiger partial charge on any atom is 0.251 e. The van der Waals surface area contributed by atoms with Gasteiger partial charge >= 0.3 is 0 Å². The maximum absolute atomic E-state index is 12.5.